The fraction of sp³-hybridized carbons (Fsp3) is 0.286. The standard InChI is InChI=1S/C9H11.C5H5.V/c1-7-5-4-6-8(2)9(7)3;1-2-4-5-3-1;/h4-5H,1-3H3;1-3H,4H2;. The van der Waals surface area contributed by atoms with Gasteiger partial charge in [-0.15, -0.1) is 0 Å². The summed E-state index contributed by atoms with van der Waals surface area (Å²) in [5, 5.41) is 0. The predicted octanol–water partition coefficient (Wildman–Crippen LogP) is 3.16. The minimum absolute atomic E-state index is 0.224. The van der Waals surface area contributed by atoms with E-state index in [1.54, 1.807) is 8.56 Å². The van der Waals surface area contributed by atoms with E-state index in [4.69, 9.17) is 0 Å². The third kappa shape index (κ3) is 2.27. The van der Waals surface area contributed by atoms with Crippen molar-refractivity contribution in [1.29, 1.82) is 0 Å². The van der Waals surface area contributed by atoms with E-state index in [-0.39, 0.29) is 16.3 Å². The first-order valence-electron chi connectivity index (χ1n) is 5.33. The van der Waals surface area contributed by atoms with E-state index in [9.17, 15) is 0 Å². The molecule has 1 aliphatic carbocycles. The number of allylic oxidation sites excluding steroid dienone is 4. The summed E-state index contributed by atoms with van der Waals surface area (Å²) in [6.07, 6.45) is 7.89. The van der Waals surface area contributed by atoms with Gasteiger partial charge in [0.25, 0.3) is 0 Å². The van der Waals surface area contributed by atoms with Crippen molar-refractivity contribution in [3.8, 4) is 0 Å². The topological polar surface area (TPSA) is 0 Å². The molecule has 0 heterocycles. The van der Waals surface area contributed by atoms with Crippen molar-refractivity contribution in [2.24, 2.45) is 0 Å². The average Bonchev–Trinajstić information content (AvgIpc) is 2.72. The molecule has 0 nitrogen and oxygen atoms in total. The molecule has 2 rings (SSSR count). The zero-order valence-corrected chi connectivity index (χ0v) is 10.9. The van der Waals surface area contributed by atoms with Crippen molar-refractivity contribution in [2.75, 3.05) is 0 Å². The Hall–Kier alpha value is -0.716. The number of hydrogen-bond donors (Lipinski definition) is 0. The number of hydrogen-bond acceptors (Lipinski definition) is 0. The van der Waals surface area contributed by atoms with Gasteiger partial charge in [0.05, 0.1) is 0 Å². The van der Waals surface area contributed by atoms with Gasteiger partial charge >= 0.3 is 99.1 Å². The average molecular weight is 235 g/mol. The van der Waals surface area contributed by atoms with Crippen LogP contribution in [0.15, 0.2) is 34.6 Å². The summed E-state index contributed by atoms with van der Waals surface area (Å²) in [6, 6.07) is 4.58. The maximum absolute atomic E-state index is 2.32. The molecule has 0 aliphatic heterocycles. The van der Waals surface area contributed by atoms with Gasteiger partial charge in [-0.2, -0.15) is 0 Å². The van der Waals surface area contributed by atoms with Crippen LogP contribution in [-0.2, 0) is 16.3 Å². The van der Waals surface area contributed by atoms with Crippen LogP contribution in [0, 0.1) is 20.8 Å². The monoisotopic (exact) mass is 235 g/mol. The fourth-order valence-electron chi connectivity index (χ4n) is 1.74. The van der Waals surface area contributed by atoms with Crippen LogP contribution in [0.2, 0.25) is 0 Å². The van der Waals surface area contributed by atoms with E-state index in [2.05, 4.69) is 51.1 Å². The molecule has 0 spiro atoms. The summed E-state index contributed by atoms with van der Waals surface area (Å²) >= 11 is 0.224. The molecule has 0 atom stereocenters. The van der Waals surface area contributed by atoms with Crippen LogP contribution >= 0.6 is 0 Å². The second-order valence-electron chi connectivity index (χ2n) is 4.05. The normalized spacial score (nSPS) is 14.2. The summed E-state index contributed by atoms with van der Waals surface area (Å²) in [5.41, 5.74) is 4.38. The number of benzene rings is 1. The van der Waals surface area contributed by atoms with Crippen LogP contribution in [0.4, 0.5) is 0 Å². The SMILES string of the molecule is Cc1cc[c]([V][C]2=CC=CC2)c(C)c1C. The summed E-state index contributed by atoms with van der Waals surface area (Å²) in [7, 11) is 0. The van der Waals surface area contributed by atoms with Gasteiger partial charge in [-0.25, -0.2) is 0 Å². The van der Waals surface area contributed by atoms with Gasteiger partial charge in [-0.3, -0.25) is 0 Å². The first-order valence-corrected chi connectivity index (χ1v) is 6.72. The molecule has 0 saturated carbocycles. The molecule has 1 aromatic rings. The Kier molecular flexibility index (Phi) is 3.18. The molecule has 0 bridgehead atoms. The second kappa shape index (κ2) is 4.43. The molecule has 1 aliphatic rings. The molecule has 0 unspecified atom stereocenters. The van der Waals surface area contributed by atoms with Crippen molar-refractivity contribution >= 4 is 4.28 Å². The quantitative estimate of drug-likeness (QED) is 0.738. The summed E-state index contributed by atoms with van der Waals surface area (Å²) in [4.78, 5) is 0. The van der Waals surface area contributed by atoms with E-state index < -0.39 is 0 Å². The second-order valence-corrected chi connectivity index (χ2v) is 6.05. The van der Waals surface area contributed by atoms with E-state index in [1.807, 2.05) is 0 Å². The third-order valence-electron chi connectivity index (χ3n) is 3.05. The fourth-order valence-corrected chi connectivity index (χ4v) is 3.53. The van der Waals surface area contributed by atoms with Crippen LogP contribution in [0.5, 0.6) is 0 Å². The molecule has 0 fully saturated rings. The molecular formula is C14H16V. The Labute approximate surface area is 99.1 Å². The molecule has 0 radical (unpaired) electrons. The molecule has 0 N–H and O–H groups in total. The Morgan fingerprint density at radius 1 is 1.07 bits per heavy atom. The molecule has 0 amide bonds. The first-order chi connectivity index (χ1) is 7.18. The van der Waals surface area contributed by atoms with E-state index in [1.165, 1.54) is 23.1 Å². The molecule has 77 valence electrons. The van der Waals surface area contributed by atoms with Gasteiger partial charge in [-0.05, 0) is 0 Å². The maximum atomic E-state index is 2.32. The number of aryl methyl sites for hydroxylation is 1. The van der Waals surface area contributed by atoms with Crippen LogP contribution in [0.3, 0.4) is 0 Å². The van der Waals surface area contributed by atoms with E-state index >= 15 is 0 Å². The van der Waals surface area contributed by atoms with Crippen LogP contribution < -0.4 is 4.28 Å². The Bertz CT molecular complexity index is 439. The zero-order chi connectivity index (χ0) is 10.8. The molecule has 0 aromatic heterocycles. The molecular weight excluding hydrogens is 219 g/mol. The van der Waals surface area contributed by atoms with Gasteiger partial charge in [-0.1, -0.05) is 0 Å². The Morgan fingerprint density at radius 2 is 1.87 bits per heavy atom. The zero-order valence-electron chi connectivity index (χ0n) is 9.54. The van der Waals surface area contributed by atoms with Crippen molar-refractivity contribution in [3.63, 3.8) is 0 Å². The summed E-state index contributed by atoms with van der Waals surface area (Å²) in [5.74, 6) is 0. The van der Waals surface area contributed by atoms with Gasteiger partial charge in [0.1, 0.15) is 0 Å². The third-order valence-corrected chi connectivity index (χ3v) is 5.14. The van der Waals surface area contributed by atoms with Crippen molar-refractivity contribution in [2.45, 2.75) is 27.2 Å². The van der Waals surface area contributed by atoms with E-state index in [0.29, 0.717) is 0 Å². The summed E-state index contributed by atoms with van der Waals surface area (Å²) < 4.78 is 3.20. The van der Waals surface area contributed by atoms with Gasteiger partial charge < -0.3 is 0 Å². The minimum atomic E-state index is 0.224. The molecule has 1 heteroatoms. The van der Waals surface area contributed by atoms with Crippen LogP contribution in [0.1, 0.15) is 23.1 Å². The van der Waals surface area contributed by atoms with Gasteiger partial charge in [0.15, 0.2) is 0 Å². The molecule has 0 saturated heterocycles. The molecule has 1 aromatic carbocycles. The van der Waals surface area contributed by atoms with Crippen LogP contribution in [0.25, 0.3) is 0 Å². The van der Waals surface area contributed by atoms with Gasteiger partial charge in [0, 0.05) is 0 Å². The predicted molar refractivity (Wildman–Crippen MR) is 62.1 cm³/mol. The van der Waals surface area contributed by atoms with Crippen molar-refractivity contribution < 1.29 is 16.3 Å². The first kappa shape index (κ1) is 10.8. The Morgan fingerprint density at radius 3 is 2.53 bits per heavy atom. The Balaban J connectivity index is 2.26. The molecule has 15 heavy (non-hydrogen) atoms. The van der Waals surface area contributed by atoms with Crippen molar-refractivity contribution in [3.05, 3.63) is 51.3 Å². The van der Waals surface area contributed by atoms with E-state index in [0.717, 1.165) is 0 Å². The van der Waals surface area contributed by atoms with Crippen molar-refractivity contribution in [1.82, 2.24) is 0 Å². The summed E-state index contributed by atoms with van der Waals surface area (Å²) in [6.45, 7) is 6.69. The number of rotatable bonds is 2. The van der Waals surface area contributed by atoms with Gasteiger partial charge in [0.2, 0.25) is 0 Å². The van der Waals surface area contributed by atoms with Crippen LogP contribution in [-0.4, -0.2) is 0 Å².